The third-order valence-electron chi connectivity index (χ3n) is 7.28. The van der Waals surface area contributed by atoms with Crippen molar-refractivity contribution in [1.82, 2.24) is 4.37 Å². The Bertz CT molecular complexity index is 1540. The highest BCUT2D eigenvalue weighted by Gasteiger charge is 2.52. The average Bonchev–Trinajstić information content (AvgIpc) is 3.67. The fourth-order valence-corrected chi connectivity index (χ4v) is 6.10. The molecule has 1 amide bonds. The van der Waals surface area contributed by atoms with Gasteiger partial charge in [-0.05, 0) is 79.0 Å². The fraction of sp³-hybridized carbons (Fsp3) is 0.258. The average molecular weight is 561 g/mol. The lowest BCUT2D eigenvalue weighted by atomic mass is 9.93. The van der Waals surface area contributed by atoms with Crippen molar-refractivity contribution in [2.45, 2.75) is 45.1 Å². The molecule has 1 aromatic heterocycles. The number of carbonyl (C=O) groups is 2. The number of halogens is 1. The molecule has 4 aromatic rings. The van der Waals surface area contributed by atoms with Gasteiger partial charge in [0.25, 0.3) is 0 Å². The second-order valence-corrected chi connectivity index (χ2v) is 11.0. The van der Waals surface area contributed by atoms with Gasteiger partial charge >= 0.3 is 12.1 Å². The van der Waals surface area contributed by atoms with E-state index in [9.17, 15) is 9.59 Å². The topological polar surface area (TPSA) is 77.5 Å². The van der Waals surface area contributed by atoms with E-state index in [-0.39, 0.29) is 5.97 Å². The van der Waals surface area contributed by atoms with Gasteiger partial charge < -0.3 is 9.47 Å². The van der Waals surface area contributed by atoms with Crippen molar-refractivity contribution in [1.29, 1.82) is 0 Å². The van der Waals surface area contributed by atoms with Crippen molar-refractivity contribution in [3.05, 3.63) is 94.1 Å². The summed E-state index contributed by atoms with van der Waals surface area (Å²) in [4.78, 5) is 25.9. The summed E-state index contributed by atoms with van der Waals surface area (Å²) >= 11 is 7.60. The molecule has 1 heterocycles. The molecular weight excluding hydrogens is 532 g/mol. The lowest BCUT2D eigenvalue weighted by Gasteiger charge is -2.16. The van der Waals surface area contributed by atoms with E-state index < -0.39 is 17.6 Å². The number of amides is 1. The summed E-state index contributed by atoms with van der Waals surface area (Å²) in [6.45, 7) is 5.69. The van der Waals surface area contributed by atoms with Crippen LogP contribution in [-0.4, -0.2) is 23.5 Å². The van der Waals surface area contributed by atoms with Gasteiger partial charge in [-0.3, -0.25) is 10.1 Å². The first-order valence-corrected chi connectivity index (χ1v) is 13.9. The Balaban J connectivity index is 1.34. The number of nitrogens with one attached hydrogen (secondary N) is 1. The van der Waals surface area contributed by atoms with Gasteiger partial charge in [-0.1, -0.05) is 72.3 Å². The number of methoxy groups -OCH3 is 1. The Morgan fingerprint density at radius 3 is 2.36 bits per heavy atom. The maximum Gasteiger partial charge on any atom is 0.412 e. The van der Waals surface area contributed by atoms with Crippen LogP contribution in [0.4, 0.5) is 10.5 Å². The summed E-state index contributed by atoms with van der Waals surface area (Å²) in [5.41, 5.74) is 6.77. The Hall–Kier alpha value is -3.68. The number of carbonyl (C=O) groups excluding carboxylic acids is 2. The number of ether oxygens (including phenoxy) is 2. The third kappa shape index (κ3) is 5.29. The van der Waals surface area contributed by atoms with E-state index in [0.717, 1.165) is 56.8 Å². The Morgan fingerprint density at radius 2 is 1.72 bits per heavy atom. The summed E-state index contributed by atoms with van der Waals surface area (Å²) in [6.07, 6.45) is 0.569. The minimum atomic E-state index is -0.568. The predicted octanol–water partition coefficient (Wildman–Crippen LogP) is 8.26. The van der Waals surface area contributed by atoms with Gasteiger partial charge in [0.1, 0.15) is 6.10 Å². The van der Waals surface area contributed by atoms with Crippen LogP contribution in [0.25, 0.3) is 21.6 Å². The molecule has 0 radical (unpaired) electrons. The molecule has 1 fully saturated rings. The van der Waals surface area contributed by atoms with Crippen LogP contribution in [0.1, 0.15) is 48.3 Å². The summed E-state index contributed by atoms with van der Waals surface area (Å²) in [5.74, 6) is -0.165. The highest BCUT2D eigenvalue weighted by Crippen LogP contribution is 2.49. The molecule has 5 rings (SSSR count). The zero-order valence-electron chi connectivity index (χ0n) is 22.2. The van der Waals surface area contributed by atoms with Gasteiger partial charge in [0, 0.05) is 10.6 Å². The number of aryl methyl sites for hydroxylation is 2. The van der Waals surface area contributed by atoms with E-state index in [1.807, 2.05) is 62.4 Å². The highest BCUT2D eigenvalue weighted by molar-refractivity contribution is 7.10. The van der Waals surface area contributed by atoms with Crippen LogP contribution in [-0.2, 0) is 19.7 Å². The van der Waals surface area contributed by atoms with E-state index in [0.29, 0.717) is 10.7 Å². The van der Waals surface area contributed by atoms with Crippen molar-refractivity contribution in [3.8, 4) is 21.6 Å². The monoisotopic (exact) mass is 560 g/mol. The molecule has 1 saturated carbocycles. The van der Waals surface area contributed by atoms with Crippen LogP contribution in [0.5, 0.6) is 0 Å². The number of rotatable bonds is 7. The largest absolute Gasteiger partial charge is 0.468 e. The predicted molar refractivity (Wildman–Crippen MR) is 155 cm³/mol. The molecule has 0 saturated heterocycles. The number of hydrogen-bond donors (Lipinski definition) is 1. The number of hydrogen-bond acceptors (Lipinski definition) is 6. The van der Waals surface area contributed by atoms with Crippen molar-refractivity contribution >= 4 is 40.9 Å². The van der Waals surface area contributed by atoms with Crippen LogP contribution in [0, 0.1) is 13.8 Å². The molecule has 0 bridgehead atoms. The first-order valence-electron chi connectivity index (χ1n) is 12.7. The molecule has 1 N–H and O–H groups in total. The first-order chi connectivity index (χ1) is 18.7. The highest BCUT2D eigenvalue weighted by atomic mass is 35.5. The van der Waals surface area contributed by atoms with E-state index in [1.54, 1.807) is 13.0 Å². The standard InChI is InChI=1S/C31H29ClN2O4S/c1-18-17-22(21-9-12-23(13-10-21)31(15-16-31)29(35)37-4)11-14-24(18)28-27(19(2)34-39-28)33-30(36)38-20(3)25-7-5-6-8-26(25)32/h5-14,17,20H,15-16H2,1-4H3,(H,33,36). The molecule has 1 atom stereocenters. The second kappa shape index (κ2) is 10.8. The lowest BCUT2D eigenvalue weighted by Crippen LogP contribution is -2.21. The summed E-state index contributed by atoms with van der Waals surface area (Å²) in [7, 11) is 1.44. The molecule has 3 aromatic carbocycles. The van der Waals surface area contributed by atoms with Gasteiger partial charge in [-0.2, -0.15) is 4.37 Å². The van der Waals surface area contributed by atoms with Crippen molar-refractivity contribution in [3.63, 3.8) is 0 Å². The van der Waals surface area contributed by atoms with E-state index in [1.165, 1.54) is 18.6 Å². The minimum absolute atomic E-state index is 0.165. The SMILES string of the molecule is COC(=O)C1(c2ccc(-c3ccc(-c4snc(C)c4NC(=O)OC(C)c4ccccc4Cl)c(C)c3)cc2)CC1. The van der Waals surface area contributed by atoms with E-state index >= 15 is 0 Å². The number of anilines is 1. The van der Waals surface area contributed by atoms with Crippen LogP contribution in [0.15, 0.2) is 66.7 Å². The van der Waals surface area contributed by atoms with Crippen molar-refractivity contribution < 1.29 is 19.1 Å². The zero-order valence-corrected chi connectivity index (χ0v) is 23.8. The zero-order chi connectivity index (χ0) is 27.7. The van der Waals surface area contributed by atoms with Crippen LogP contribution in [0.3, 0.4) is 0 Å². The summed E-state index contributed by atoms with van der Waals surface area (Å²) in [5, 5.41) is 3.45. The molecule has 0 aliphatic heterocycles. The number of esters is 1. The van der Waals surface area contributed by atoms with Gasteiger partial charge in [0.2, 0.25) is 0 Å². The van der Waals surface area contributed by atoms with Crippen LogP contribution in [0.2, 0.25) is 5.02 Å². The first kappa shape index (κ1) is 26.9. The molecule has 0 spiro atoms. The molecule has 1 aliphatic rings. The maximum atomic E-state index is 12.8. The van der Waals surface area contributed by atoms with E-state index in [2.05, 4.69) is 21.8 Å². The molecule has 1 unspecified atom stereocenters. The lowest BCUT2D eigenvalue weighted by molar-refractivity contribution is -0.143. The second-order valence-electron chi connectivity index (χ2n) is 9.85. The number of nitrogens with zero attached hydrogens (tertiary/aromatic N) is 1. The summed E-state index contributed by atoms with van der Waals surface area (Å²) in [6, 6.07) is 21.7. The van der Waals surface area contributed by atoms with Crippen LogP contribution < -0.4 is 5.32 Å². The smallest absolute Gasteiger partial charge is 0.412 e. The molecule has 8 heteroatoms. The van der Waals surface area contributed by atoms with Gasteiger partial charge in [0.05, 0.1) is 28.8 Å². The maximum absolute atomic E-state index is 12.8. The molecular formula is C31H29ClN2O4S. The number of aromatic nitrogens is 1. The minimum Gasteiger partial charge on any atom is -0.468 e. The van der Waals surface area contributed by atoms with Crippen molar-refractivity contribution in [2.75, 3.05) is 12.4 Å². The van der Waals surface area contributed by atoms with Crippen LogP contribution >= 0.6 is 23.1 Å². The normalized spacial score (nSPS) is 14.4. The van der Waals surface area contributed by atoms with Gasteiger partial charge in [-0.15, -0.1) is 0 Å². The Morgan fingerprint density at radius 1 is 1.03 bits per heavy atom. The van der Waals surface area contributed by atoms with Crippen molar-refractivity contribution in [2.24, 2.45) is 0 Å². The van der Waals surface area contributed by atoms with E-state index in [4.69, 9.17) is 21.1 Å². The molecule has 6 nitrogen and oxygen atoms in total. The summed E-state index contributed by atoms with van der Waals surface area (Å²) < 4.78 is 15.1. The Labute approximate surface area is 237 Å². The molecule has 39 heavy (non-hydrogen) atoms. The number of benzene rings is 3. The third-order valence-corrected chi connectivity index (χ3v) is 8.60. The fourth-order valence-electron chi connectivity index (χ4n) is 4.87. The van der Waals surface area contributed by atoms with Gasteiger partial charge in [0.15, 0.2) is 0 Å². The quantitative estimate of drug-likeness (QED) is 0.230. The molecule has 1 aliphatic carbocycles. The van der Waals surface area contributed by atoms with Gasteiger partial charge in [-0.25, -0.2) is 4.79 Å². The molecule has 200 valence electrons. The Kier molecular flexibility index (Phi) is 7.47.